The molecule has 0 radical (unpaired) electrons. The van der Waals surface area contributed by atoms with E-state index >= 15 is 0 Å². The third-order valence-electron chi connectivity index (χ3n) is 4.01. The molecule has 1 aliphatic rings. The Morgan fingerprint density at radius 2 is 2.14 bits per heavy atom. The van der Waals surface area contributed by atoms with E-state index in [0.29, 0.717) is 18.5 Å². The van der Waals surface area contributed by atoms with Gasteiger partial charge in [-0.3, -0.25) is 14.3 Å². The van der Waals surface area contributed by atoms with Crippen LogP contribution in [0.25, 0.3) is 0 Å². The molecule has 1 saturated carbocycles. The Morgan fingerprint density at radius 3 is 2.81 bits per heavy atom. The highest BCUT2D eigenvalue weighted by Crippen LogP contribution is 2.34. The van der Waals surface area contributed by atoms with Gasteiger partial charge >= 0.3 is 5.69 Å². The van der Waals surface area contributed by atoms with E-state index in [4.69, 9.17) is 11.6 Å². The van der Waals surface area contributed by atoms with Crippen molar-refractivity contribution in [2.45, 2.75) is 44.6 Å². The Kier molecular flexibility index (Phi) is 4.26. The van der Waals surface area contributed by atoms with Gasteiger partial charge in [-0.2, -0.15) is 0 Å². The molecule has 0 unspecified atom stereocenters. The molecule has 1 aliphatic carbocycles. The summed E-state index contributed by atoms with van der Waals surface area (Å²) in [4.78, 5) is 31.4. The van der Waals surface area contributed by atoms with Gasteiger partial charge in [-0.05, 0) is 18.8 Å². The van der Waals surface area contributed by atoms with Crippen molar-refractivity contribution in [3.8, 4) is 0 Å². The highest BCUT2D eigenvalue weighted by atomic mass is 35.5. The van der Waals surface area contributed by atoms with Crippen LogP contribution in [0, 0.1) is 0 Å². The third kappa shape index (κ3) is 2.96. The average molecular weight is 326 g/mol. The summed E-state index contributed by atoms with van der Waals surface area (Å²) in [5.74, 6) is 0.173. The minimum absolute atomic E-state index is 0.173. The van der Waals surface area contributed by atoms with Crippen LogP contribution in [-0.4, -0.2) is 14.5 Å². The van der Waals surface area contributed by atoms with Gasteiger partial charge in [0.2, 0.25) is 0 Å². The maximum absolute atomic E-state index is 12.6. The number of H-pyrrole nitrogens is 1. The molecule has 7 heteroatoms. The van der Waals surface area contributed by atoms with Crippen molar-refractivity contribution in [1.82, 2.24) is 14.5 Å². The van der Waals surface area contributed by atoms with E-state index in [-0.39, 0.29) is 16.6 Å². The van der Waals surface area contributed by atoms with E-state index in [1.54, 1.807) is 5.51 Å². The predicted molar refractivity (Wildman–Crippen MR) is 83.4 cm³/mol. The van der Waals surface area contributed by atoms with Gasteiger partial charge in [-0.1, -0.05) is 24.4 Å². The molecular formula is C14H16ClN3O2S. The van der Waals surface area contributed by atoms with Gasteiger partial charge < -0.3 is 0 Å². The minimum atomic E-state index is -0.443. The Morgan fingerprint density at radius 1 is 1.38 bits per heavy atom. The summed E-state index contributed by atoms with van der Waals surface area (Å²) in [5.41, 5.74) is 2.53. The molecule has 1 N–H and O–H groups in total. The summed E-state index contributed by atoms with van der Waals surface area (Å²) in [6.45, 7) is 0.328. The fraction of sp³-hybridized carbons (Fsp3) is 0.500. The quantitative estimate of drug-likeness (QED) is 0.878. The van der Waals surface area contributed by atoms with Crippen molar-refractivity contribution in [2.24, 2.45) is 0 Å². The molecule has 5 nitrogen and oxygen atoms in total. The lowest BCUT2D eigenvalue weighted by molar-refractivity contribution is 0.595. The number of rotatable bonds is 4. The lowest BCUT2D eigenvalue weighted by Gasteiger charge is -2.13. The maximum Gasteiger partial charge on any atom is 0.329 e. The number of aromatic amines is 1. The normalized spacial score (nSPS) is 15.7. The molecule has 0 bridgehead atoms. The van der Waals surface area contributed by atoms with Crippen molar-refractivity contribution in [3.63, 3.8) is 0 Å². The van der Waals surface area contributed by atoms with Gasteiger partial charge in [-0.15, -0.1) is 11.3 Å². The van der Waals surface area contributed by atoms with Crippen LogP contribution in [0.1, 0.15) is 42.9 Å². The Labute approximate surface area is 130 Å². The summed E-state index contributed by atoms with van der Waals surface area (Å²) >= 11 is 7.61. The monoisotopic (exact) mass is 325 g/mol. The average Bonchev–Trinajstić information content (AvgIpc) is 3.10. The fourth-order valence-electron chi connectivity index (χ4n) is 2.92. The Hall–Kier alpha value is -1.40. The largest absolute Gasteiger partial charge is 0.329 e. The van der Waals surface area contributed by atoms with Gasteiger partial charge in [0.15, 0.2) is 0 Å². The van der Waals surface area contributed by atoms with Gasteiger partial charge in [0.25, 0.3) is 5.56 Å². The molecular weight excluding hydrogens is 310 g/mol. The second-order valence-electron chi connectivity index (χ2n) is 5.33. The van der Waals surface area contributed by atoms with E-state index < -0.39 is 5.69 Å². The van der Waals surface area contributed by atoms with Crippen LogP contribution in [0.15, 0.2) is 20.5 Å². The first kappa shape index (κ1) is 14.5. The molecule has 1 fully saturated rings. The van der Waals surface area contributed by atoms with E-state index in [1.807, 2.05) is 5.38 Å². The fourth-order valence-corrected chi connectivity index (χ4v) is 3.83. The molecule has 0 aliphatic heterocycles. The Bertz CT molecular complexity index is 730. The molecule has 2 aromatic heterocycles. The zero-order valence-electron chi connectivity index (χ0n) is 11.5. The van der Waals surface area contributed by atoms with E-state index in [9.17, 15) is 9.59 Å². The maximum atomic E-state index is 12.6. The molecule has 2 aromatic rings. The SMILES string of the molecule is O=c1[nH]c(Cl)c(C2CCCC2)c(=O)n1CCc1cscn1. The molecule has 3 rings (SSSR count). The topological polar surface area (TPSA) is 67.8 Å². The third-order valence-corrected chi connectivity index (χ3v) is 4.95. The number of nitrogens with zero attached hydrogens (tertiary/aromatic N) is 2. The van der Waals surface area contributed by atoms with Gasteiger partial charge in [0.05, 0.1) is 16.8 Å². The lowest BCUT2D eigenvalue weighted by atomic mass is 10.0. The van der Waals surface area contributed by atoms with Crippen LogP contribution in [0.4, 0.5) is 0 Å². The van der Waals surface area contributed by atoms with Crippen LogP contribution >= 0.6 is 22.9 Å². The van der Waals surface area contributed by atoms with Crippen molar-refractivity contribution in [1.29, 1.82) is 0 Å². The van der Waals surface area contributed by atoms with Crippen molar-refractivity contribution in [3.05, 3.63) is 48.1 Å². The zero-order valence-corrected chi connectivity index (χ0v) is 13.0. The molecule has 0 atom stereocenters. The second kappa shape index (κ2) is 6.15. The van der Waals surface area contributed by atoms with Crippen LogP contribution < -0.4 is 11.2 Å². The Balaban J connectivity index is 1.94. The number of hydrogen-bond acceptors (Lipinski definition) is 4. The van der Waals surface area contributed by atoms with E-state index in [1.165, 1.54) is 15.9 Å². The zero-order chi connectivity index (χ0) is 14.8. The summed E-state index contributed by atoms with van der Waals surface area (Å²) < 4.78 is 1.25. The number of aryl methyl sites for hydroxylation is 1. The number of aromatic nitrogens is 3. The molecule has 112 valence electrons. The van der Waals surface area contributed by atoms with Crippen molar-refractivity contribution in [2.75, 3.05) is 0 Å². The predicted octanol–water partition coefficient (Wildman–Crippen LogP) is 2.55. The summed E-state index contributed by atoms with van der Waals surface area (Å²) in [6, 6.07) is 0. The van der Waals surface area contributed by atoms with Gasteiger partial charge in [0.1, 0.15) is 5.15 Å². The van der Waals surface area contributed by atoms with Crippen molar-refractivity contribution < 1.29 is 0 Å². The number of halogens is 1. The first-order valence-electron chi connectivity index (χ1n) is 7.06. The highest BCUT2D eigenvalue weighted by molar-refractivity contribution is 7.07. The molecule has 2 heterocycles. The molecule has 21 heavy (non-hydrogen) atoms. The number of nitrogens with one attached hydrogen (secondary N) is 1. The number of hydrogen-bond donors (Lipinski definition) is 1. The van der Waals surface area contributed by atoms with Gasteiger partial charge in [0, 0.05) is 18.3 Å². The van der Waals surface area contributed by atoms with Crippen LogP contribution in [-0.2, 0) is 13.0 Å². The van der Waals surface area contributed by atoms with Crippen LogP contribution in [0.2, 0.25) is 5.15 Å². The standard InChI is InChI=1S/C14H16ClN3O2S/c15-12-11(9-3-1-2-4-9)13(19)18(14(20)17-12)6-5-10-7-21-8-16-10/h7-9H,1-6H2,(H,17,20). The first-order valence-corrected chi connectivity index (χ1v) is 8.38. The first-order chi connectivity index (χ1) is 10.2. The summed E-state index contributed by atoms with van der Waals surface area (Å²) in [5, 5.41) is 2.13. The highest BCUT2D eigenvalue weighted by Gasteiger charge is 2.24. The molecule has 0 amide bonds. The summed E-state index contributed by atoms with van der Waals surface area (Å²) in [6.07, 6.45) is 4.72. The van der Waals surface area contributed by atoms with E-state index in [0.717, 1.165) is 31.4 Å². The molecule has 0 saturated heterocycles. The minimum Gasteiger partial charge on any atom is -0.297 e. The lowest BCUT2D eigenvalue weighted by Crippen LogP contribution is -2.38. The van der Waals surface area contributed by atoms with Crippen LogP contribution in [0.5, 0.6) is 0 Å². The molecule has 0 aromatic carbocycles. The van der Waals surface area contributed by atoms with Gasteiger partial charge in [-0.25, -0.2) is 9.78 Å². The van der Waals surface area contributed by atoms with Crippen molar-refractivity contribution >= 4 is 22.9 Å². The summed E-state index contributed by atoms with van der Waals surface area (Å²) in [7, 11) is 0. The van der Waals surface area contributed by atoms with Crippen LogP contribution in [0.3, 0.4) is 0 Å². The second-order valence-corrected chi connectivity index (χ2v) is 6.42. The van der Waals surface area contributed by atoms with E-state index in [2.05, 4.69) is 9.97 Å². The number of thiazole rings is 1. The smallest absolute Gasteiger partial charge is 0.297 e. The molecule has 0 spiro atoms.